The summed E-state index contributed by atoms with van der Waals surface area (Å²) in [4.78, 5) is 9.12. The van der Waals surface area contributed by atoms with Gasteiger partial charge in [-0.25, -0.2) is 9.97 Å². The van der Waals surface area contributed by atoms with Gasteiger partial charge in [-0.1, -0.05) is 48.6 Å². The van der Waals surface area contributed by atoms with E-state index in [1.807, 2.05) is 36.4 Å². The molecule has 0 saturated carbocycles. The van der Waals surface area contributed by atoms with Crippen LogP contribution in [0.15, 0.2) is 59.2 Å². The van der Waals surface area contributed by atoms with Gasteiger partial charge in [-0.15, -0.1) is 0 Å². The third-order valence-corrected chi connectivity index (χ3v) is 3.42. The van der Waals surface area contributed by atoms with Gasteiger partial charge < -0.3 is 0 Å². The average Bonchev–Trinajstić information content (AvgIpc) is 2.48. The van der Waals surface area contributed by atoms with Gasteiger partial charge in [0.15, 0.2) is 5.82 Å². The Morgan fingerprint density at radius 1 is 1.00 bits per heavy atom. The summed E-state index contributed by atoms with van der Waals surface area (Å²) in [6.45, 7) is 0. The van der Waals surface area contributed by atoms with Gasteiger partial charge in [-0.2, -0.15) is 0 Å². The summed E-state index contributed by atoms with van der Waals surface area (Å²) in [5.41, 5.74) is 3.17. The number of rotatable bonds is 2. The Labute approximate surface area is 121 Å². The molecule has 0 saturated heterocycles. The van der Waals surface area contributed by atoms with Crippen LogP contribution >= 0.6 is 15.9 Å². The first-order valence-electron chi connectivity index (χ1n) is 6.30. The maximum atomic E-state index is 4.67. The molecule has 0 atom stereocenters. The molecular weight excluding hydrogens is 300 g/mol. The second kappa shape index (κ2) is 5.49. The van der Waals surface area contributed by atoms with Gasteiger partial charge in [0.1, 0.15) is 4.60 Å². The standard InChI is InChI=1S/C16H13BrN2/c17-15-11-14(12-7-3-1-4-8-12)18-16(19-15)13-9-5-2-6-10-13/h2-3,5-11H,1,4H2. The van der Waals surface area contributed by atoms with Gasteiger partial charge in [0.2, 0.25) is 0 Å². The Balaban J connectivity index is 2.06. The van der Waals surface area contributed by atoms with E-state index >= 15 is 0 Å². The number of allylic oxidation sites excluding steroid dienone is 4. The van der Waals surface area contributed by atoms with E-state index in [-0.39, 0.29) is 0 Å². The highest BCUT2D eigenvalue weighted by atomic mass is 79.9. The lowest BCUT2D eigenvalue weighted by Crippen LogP contribution is -1.96. The molecule has 0 bridgehead atoms. The Kier molecular flexibility index (Phi) is 3.56. The number of benzene rings is 1. The normalized spacial score (nSPS) is 14.3. The van der Waals surface area contributed by atoms with Crippen LogP contribution in [0.25, 0.3) is 17.0 Å². The van der Waals surface area contributed by atoms with Crippen molar-refractivity contribution in [3.05, 3.63) is 64.9 Å². The number of nitrogens with zero attached hydrogens (tertiary/aromatic N) is 2. The van der Waals surface area contributed by atoms with Crippen LogP contribution in [0.1, 0.15) is 18.5 Å². The summed E-state index contributed by atoms with van der Waals surface area (Å²) >= 11 is 3.47. The van der Waals surface area contributed by atoms with E-state index in [0.717, 1.165) is 34.5 Å². The molecule has 1 aliphatic rings. The molecule has 2 nitrogen and oxygen atoms in total. The molecule has 1 aliphatic carbocycles. The van der Waals surface area contributed by atoms with E-state index in [1.165, 1.54) is 5.57 Å². The molecule has 0 amide bonds. The quantitative estimate of drug-likeness (QED) is 0.755. The first-order valence-corrected chi connectivity index (χ1v) is 7.09. The second-order valence-electron chi connectivity index (χ2n) is 4.40. The Bertz CT molecular complexity index is 645. The van der Waals surface area contributed by atoms with Crippen molar-refractivity contribution in [3.8, 4) is 11.4 Å². The molecule has 0 N–H and O–H groups in total. The van der Waals surface area contributed by atoms with Crippen LogP contribution in [-0.2, 0) is 0 Å². The average molecular weight is 313 g/mol. The lowest BCUT2D eigenvalue weighted by Gasteiger charge is -2.09. The largest absolute Gasteiger partial charge is 0.228 e. The summed E-state index contributed by atoms with van der Waals surface area (Å²) in [6, 6.07) is 12.0. The fourth-order valence-corrected chi connectivity index (χ4v) is 2.47. The maximum Gasteiger partial charge on any atom is 0.161 e. The van der Waals surface area contributed by atoms with Crippen molar-refractivity contribution in [2.45, 2.75) is 12.8 Å². The van der Waals surface area contributed by atoms with Crippen LogP contribution in [0.3, 0.4) is 0 Å². The molecule has 0 unspecified atom stereocenters. The molecule has 0 spiro atoms. The van der Waals surface area contributed by atoms with Crippen molar-refractivity contribution in [2.75, 3.05) is 0 Å². The van der Waals surface area contributed by atoms with Gasteiger partial charge in [0.05, 0.1) is 5.69 Å². The van der Waals surface area contributed by atoms with Crippen LogP contribution in [0, 0.1) is 0 Å². The summed E-state index contributed by atoms with van der Waals surface area (Å²) in [6.07, 6.45) is 8.74. The zero-order valence-electron chi connectivity index (χ0n) is 10.4. The van der Waals surface area contributed by atoms with Crippen LogP contribution in [-0.4, -0.2) is 9.97 Å². The fraction of sp³-hybridized carbons (Fsp3) is 0.125. The van der Waals surface area contributed by atoms with Gasteiger partial charge in [0, 0.05) is 5.56 Å². The molecule has 1 heterocycles. The van der Waals surface area contributed by atoms with E-state index in [0.29, 0.717) is 0 Å². The van der Waals surface area contributed by atoms with Gasteiger partial charge in [-0.05, 0) is 40.4 Å². The summed E-state index contributed by atoms with van der Waals surface area (Å²) in [7, 11) is 0. The van der Waals surface area contributed by atoms with E-state index < -0.39 is 0 Å². The molecular formula is C16H13BrN2. The first kappa shape index (κ1) is 12.3. The minimum absolute atomic E-state index is 0.754. The third kappa shape index (κ3) is 2.82. The van der Waals surface area contributed by atoms with Crippen molar-refractivity contribution in [1.82, 2.24) is 9.97 Å². The van der Waals surface area contributed by atoms with E-state index in [2.05, 4.69) is 44.1 Å². The monoisotopic (exact) mass is 312 g/mol. The van der Waals surface area contributed by atoms with Crippen molar-refractivity contribution in [1.29, 1.82) is 0 Å². The first-order chi connectivity index (χ1) is 9.33. The molecule has 0 radical (unpaired) electrons. The summed E-state index contributed by atoms with van der Waals surface area (Å²) in [5.74, 6) is 0.754. The minimum atomic E-state index is 0.754. The molecule has 2 aromatic rings. The highest BCUT2D eigenvalue weighted by molar-refractivity contribution is 9.10. The molecule has 0 aliphatic heterocycles. The summed E-state index contributed by atoms with van der Waals surface area (Å²) in [5, 5.41) is 0. The smallest absolute Gasteiger partial charge is 0.161 e. The molecule has 19 heavy (non-hydrogen) atoms. The molecule has 0 fully saturated rings. The predicted molar refractivity (Wildman–Crippen MR) is 81.5 cm³/mol. The Hall–Kier alpha value is -1.74. The number of hydrogen-bond acceptors (Lipinski definition) is 2. The summed E-state index contributed by atoms with van der Waals surface area (Å²) < 4.78 is 0.816. The third-order valence-electron chi connectivity index (χ3n) is 3.02. The van der Waals surface area contributed by atoms with Crippen LogP contribution < -0.4 is 0 Å². The molecule has 94 valence electrons. The highest BCUT2D eigenvalue weighted by Gasteiger charge is 2.08. The van der Waals surface area contributed by atoms with Gasteiger partial charge in [-0.3, -0.25) is 0 Å². The number of hydrogen-bond donors (Lipinski definition) is 0. The van der Waals surface area contributed by atoms with E-state index in [1.54, 1.807) is 0 Å². The molecule has 1 aromatic heterocycles. The zero-order valence-corrected chi connectivity index (χ0v) is 12.0. The predicted octanol–water partition coefficient (Wildman–Crippen LogP) is 4.64. The zero-order chi connectivity index (χ0) is 13.1. The van der Waals surface area contributed by atoms with E-state index in [4.69, 9.17) is 0 Å². The Morgan fingerprint density at radius 2 is 1.84 bits per heavy atom. The van der Waals surface area contributed by atoms with Gasteiger partial charge in [0.25, 0.3) is 0 Å². The van der Waals surface area contributed by atoms with Crippen LogP contribution in [0.5, 0.6) is 0 Å². The number of aromatic nitrogens is 2. The van der Waals surface area contributed by atoms with Crippen molar-refractivity contribution in [3.63, 3.8) is 0 Å². The van der Waals surface area contributed by atoms with Crippen molar-refractivity contribution >= 4 is 21.5 Å². The Morgan fingerprint density at radius 3 is 2.58 bits per heavy atom. The lowest BCUT2D eigenvalue weighted by molar-refractivity contribution is 1.03. The van der Waals surface area contributed by atoms with Crippen LogP contribution in [0.2, 0.25) is 0 Å². The van der Waals surface area contributed by atoms with Gasteiger partial charge >= 0.3 is 0 Å². The SMILES string of the molecule is Brc1cc(C2=CCCC=C2)nc(-c2ccccc2)n1. The molecule has 3 heteroatoms. The minimum Gasteiger partial charge on any atom is -0.228 e. The van der Waals surface area contributed by atoms with Crippen molar-refractivity contribution < 1.29 is 0 Å². The maximum absolute atomic E-state index is 4.67. The molecule has 3 rings (SSSR count). The van der Waals surface area contributed by atoms with Crippen LogP contribution in [0.4, 0.5) is 0 Å². The van der Waals surface area contributed by atoms with E-state index in [9.17, 15) is 0 Å². The lowest BCUT2D eigenvalue weighted by atomic mass is 10.0. The highest BCUT2D eigenvalue weighted by Crippen LogP contribution is 2.24. The second-order valence-corrected chi connectivity index (χ2v) is 5.22. The number of halogens is 1. The topological polar surface area (TPSA) is 25.8 Å². The van der Waals surface area contributed by atoms with Crippen molar-refractivity contribution in [2.24, 2.45) is 0 Å². The fourth-order valence-electron chi connectivity index (χ4n) is 2.09. The molecule has 1 aromatic carbocycles.